The number of fused-ring (bicyclic) bond motifs is 1. The van der Waals surface area contributed by atoms with Crippen molar-refractivity contribution in [3.63, 3.8) is 0 Å². The van der Waals surface area contributed by atoms with Crippen LogP contribution in [0.2, 0.25) is 0 Å². The Hall–Kier alpha value is -1.50. The zero-order valence-corrected chi connectivity index (χ0v) is 9.38. The Morgan fingerprint density at radius 2 is 1.93 bits per heavy atom. The minimum Gasteiger partial charge on any atom is -0.316 e. The minimum atomic E-state index is -0.446. The molecule has 0 atom stereocenters. The molecule has 0 fully saturated rings. The van der Waals surface area contributed by atoms with E-state index < -0.39 is 11.2 Å². The second-order valence-corrected chi connectivity index (χ2v) is 3.92. The van der Waals surface area contributed by atoms with E-state index in [2.05, 4.69) is 9.97 Å². The molecule has 0 aliphatic heterocycles. The zero-order chi connectivity index (χ0) is 11.2. The van der Waals surface area contributed by atoms with Crippen molar-refractivity contribution in [2.45, 2.75) is 5.16 Å². The van der Waals surface area contributed by atoms with Crippen molar-refractivity contribution in [3.8, 4) is 0 Å². The van der Waals surface area contributed by atoms with Crippen LogP contribution in [0.3, 0.4) is 0 Å². The first-order chi connectivity index (χ1) is 7.06. The molecule has 6 nitrogen and oxygen atoms in total. The first kappa shape index (κ1) is 10.0. The summed E-state index contributed by atoms with van der Waals surface area (Å²) in [6, 6.07) is 0. The number of imidazole rings is 1. The van der Waals surface area contributed by atoms with Gasteiger partial charge in [-0.25, -0.2) is 9.78 Å². The summed E-state index contributed by atoms with van der Waals surface area (Å²) < 4.78 is 3.01. The van der Waals surface area contributed by atoms with Gasteiger partial charge in [-0.2, -0.15) is 0 Å². The Morgan fingerprint density at radius 1 is 1.27 bits per heavy atom. The molecule has 0 bridgehead atoms. The maximum Gasteiger partial charge on any atom is 0.329 e. The van der Waals surface area contributed by atoms with Crippen molar-refractivity contribution >= 4 is 22.9 Å². The monoisotopic (exact) mass is 226 g/mol. The third-order valence-corrected chi connectivity index (χ3v) is 3.01. The van der Waals surface area contributed by atoms with E-state index in [1.807, 2.05) is 6.26 Å². The van der Waals surface area contributed by atoms with E-state index in [9.17, 15) is 9.59 Å². The van der Waals surface area contributed by atoms with Crippen LogP contribution < -0.4 is 11.2 Å². The average molecular weight is 226 g/mol. The lowest BCUT2D eigenvalue weighted by atomic mass is 10.5. The lowest BCUT2D eigenvalue weighted by molar-refractivity contribution is 0.812. The fourth-order valence-electron chi connectivity index (χ4n) is 1.47. The van der Waals surface area contributed by atoms with Gasteiger partial charge >= 0.3 is 5.69 Å². The molecule has 0 saturated carbocycles. The summed E-state index contributed by atoms with van der Waals surface area (Å²) >= 11 is 1.43. The molecule has 80 valence electrons. The van der Waals surface area contributed by atoms with Crippen LogP contribution in [-0.2, 0) is 14.1 Å². The van der Waals surface area contributed by atoms with Crippen LogP contribution in [0.5, 0.6) is 0 Å². The lowest BCUT2D eigenvalue weighted by Crippen LogP contribution is -2.29. The van der Waals surface area contributed by atoms with E-state index in [1.54, 1.807) is 18.7 Å². The van der Waals surface area contributed by atoms with E-state index in [1.165, 1.54) is 16.3 Å². The fourth-order valence-corrected chi connectivity index (χ4v) is 2.01. The highest BCUT2D eigenvalue weighted by Gasteiger charge is 2.13. The molecule has 2 aromatic rings. The number of H-pyrrole nitrogens is 1. The van der Waals surface area contributed by atoms with E-state index in [0.29, 0.717) is 16.3 Å². The second-order valence-electron chi connectivity index (χ2n) is 3.15. The van der Waals surface area contributed by atoms with Gasteiger partial charge in [0.05, 0.1) is 0 Å². The van der Waals surface area contributed by atoms with Crippen LogP contribution in [0.25, 0.3) is 11.2 Å². The number of thioether (sulfide) groups is 1. The third kappa shape index (κ3) is 1.30. The number of hydrogen-bond donors (Lipinski definition) is 1. The van der Waals surface area contributed by atoms with Gasteiger partial charge in [0.25, 0.3) is 5.56 Å². The van der Waals surface area contributed by atoms with Gasteiger partial charge in [-0.3, -0.25) is 14.3 Å². The summed E-state index contributed by atoms with van der Waals surface area (Å²) in [6.07, 6.45) is 1.87. The summed E-state index contributed by atoms with van der Waals surface area (Å²) in [5, 5.41) is 0.705. The number of aromatic nitrogens is 4. The number of nitrogens with one attached hydrogen (secondary N) is 1. The number of nitrogens with zero attached hydrogens (tertiary/aromatic N) is 3. The fraction of sp³-hybridized carbons (Fsp3) is 0.375. The van der Waals surface area contributed by atoms with Crippen LogP contribution in [-0.4, -0.2) is 25.4 Å². The van der Waals surface area contributed by atoms with E-state index in [-0.39, 0.29) is 0 Å². The summed E-state index contributed by atoms with van der Waals surface area (Å²) in [4.78, 5) is 29.3. The van der Waals surface area contributed by atoms with Crippen LogP contribution in [0.1, 0.15) is 0 Å². The van der Waals surface area contributed by atoms with Crippen LogP contribution in [0.4, 0.5) is 0 Å². The van der Waals surface area contributed by atoms with E-state index >= 15 is 0 Å². The van der Waals surface area contributed by atoms with Gasteiger partial charge in [-0.05, 0) is 6.26 Å². The molecule has 7 heteroatoms. The summed E-state index contributed by atoms with van der Waals surface area (Å²) in [6.45, 7) is 0. The Labute approximate surface area is 88.9 Å². The largest absolute Gasteiger partial charge is 0.329 e. The minimum absolute atomic E-state index is 0.400. The zero-order valence-electron chi connectivity index (χ0n) is 8.57. The smallest absolute Gasteiger partial charge is 0.316 e. The molecule has 15 heavy (non-hydrogen) atoms. The van der Waals surface area contributed by atoms with Gasteiger partial charge in [0.15, 0.2) is 16.3 Å². The molecule has 0 saturated heterocycles. The molecule has 0 radical (unpaired) electrons. The van der Waals surface area contributed by atoms with Gasteiger partial charge < -0.3 is 4.57 Å². The highest BCUT2D eigenvalue weighted by atomic mass is 32.2. The molecule has 1 N–H and O–H groups in total. The second kappa shape index (κ2) is 3.27. The van der Waals surface area contributed by atoms with Crippen molar-refractivity contribution in [1.29, 1.82) is 0 Å². The maximum atomic E-state index is 11.6. The van der Waals surface area contributed by atoms with Gasteiger partial charge in [-0.1, -0.05) is 11.8 Å². The van der Waals surface area contributed by atoms with E-state index in [0.717, 1.165) is 0 Å². The number of hydrogen-bond acceptors (Lipinski definition) is 4. The van der Waals surface area contributed by atoms with Crippen molar-refractivity contribution in [1.82, 2.24) is 19.1 Å². The number of rotatable bonds is 1. The summed E-state index contributed by atoms with van der Waals surface area (Å²) in [7, 11) is 3.33. The average Bonchev–Trinajstić information content (AvgIpc) is 2.53. The molecule has 0 aromatic carbocycles. The lowest BCUT2D eigenvalue weighted by Gasteiger charge is -1.97. The van der Waals surface area contributed by atoms with Crippen molar-refractivity contribution in [3.05, 3.63) is 20.8 Å². The normalized spacial score (nSPS) is 11.1. The van der Waals surface area contributed by atoms with Crippen LogP contribution in [0.15, 0.2) is 14.7 Å². The highest BCUT2D eigenvalue weighted by molar-refractivity contribution is 7.98. The topological polar surface area (TPSA) is 72.7 Å². The number of aryl methyl sites for hydroxylation is 2. The third-order valence-electron chi connectivity index (χ3n) is 2.28. The molecule has 0 unspecified atom stereocenters. The molecule has 2 heterocycles. The molecular weight excluding hydrogens is 216 g/mol. The Morgan fingerprint density at radius 3 is 2.53 bits per heavy atom. The molecule has 0 amide bonds. The van der Waals surface area contributed by atoms with Gasteiger partial charge in [-0.15, -0.1) is 0 Å². The van der Waals surface area contributed by atoms with Crippen LogP contribution in [0, 0.1) is 0 Å². The molecule has 0 aliphatic carbocycles. The highest BCUT2D eigenvalue weighted by Crippen LogP contribution is 2.16. The molecule has 2 aromatic heterocycles. The van der Waals surface area contributed by atoms with Gasteiger partial charge in [0.2, 0.25) is 0 Å². The van der Waals surface area contributed by atoms with Crippen LogP contribution >= 0.6 is 11.8 Å². The van der Waals surface area contributed by atoms with Crippen molar-refractivity contribution in [2.24, 2.45) is 14.1 Å². The maximum absolute atomic E-state index is 11.6. The van der Waals surface area contributed by atoms with Gasteiger partial charge in [0, 0.05) is 14.1 Å². The summed E-state index contributed by atoms with van der Waals surface area (Å²) in [5.74, 6) is 0. The molecular formula is C8H10N4O2S. The summed E-state index contributed by atoms with van der Waals surface area (Å²) in [5.41, 5.74) is -0.0151. The Kier molecular flexibility index (Phi) is 2.18. The molecule has 2 rings (SSSR count). The predicted octanol–water partition coefficient (Wildman–Crippen LogP) is -0.318. The molecule has 0 spiro atoms. The number of aromatic amines is 1. The molecule has 0 aliphatic rings. The predicted molar refractivity (Wildman–Crippen MR) is 58.4 cm³/mol. The standard InChI is InChI=1S/C8H10N4O2S/c1-11-4-5(9-8(11)15-3)12(2)7(14)10-6(4)13/h1-3H3,(H,10,13,14). The van der Waals surface area contributed by atoms with E-state index in [4.69, 9.17) is 0 Å². The SMILES string of the molecule is CSc1nc2c(c(=O)[nH]c(=O)n2C)n1C. The Balaban J connectivity index is 3.07. The quantitative estimate of drug-likeness (QED) is 0.676. The van der Waals surface area contributed by atoms with Crippen molar-refractivity contribution in [2.75, 3.05) is 6.26 Å². The Bertz CT molecular complexity index is 636. The van der Waals surface area contributed by atoms with Gasteiger partial charge in [0.1, 0.15) is 0 Å². The first-order valence-electron chi connectivity index (χ1n) is 4.26. The van der Waals surface area contributed by atoms with Crippen molar-refractivity contribution < 1.29 is 0 Å². The first-order valence-corrected chi connectivity index (χ1v) is 5.48.